The average Bonchev–Trinajstić information content (AvgIpc) is 3.36. The van der Waals surface area contributed by atoms with Gasteiger partial charge in [-0.3, -0.25) is 10.2 Å². The molecule has 4 heterocycles. The molecule has 4 aliphatic heterocycles. The molecule has 168 valence electrons. The van der Waals surface area contributed by atoms with E-state index in [2.05, 4.69) is 16.2 Å². The first-order chi connectivity index (χ1) is 13.8. The number of hydrogen-bond acceptors (Lipinski definition) is 7. The molecule has 0 spiro atoms. The van der Waals surface area contributed by atoms with Crippen molar-refractivity contribution in [3.05, 3.63) is 0 Å². The molecular weight excluding hydrogens is 389 g/mol. The van der Waals surface area contributed by atoms with Crippen LogP contribution in [0.3, 0.4) is 0 Å². The Bertz CT molecular complexity index is 569. The Balaban J connectivity index is 1.58. The summed E-state index contributed by atoms with van der Waals surface area (Å²) in [4.78, 5) is 2.04. The first kappa shape index (κ1) is 21.7. The monoisotopic (exact) mass is 422 g/mol. The number of aliphatic hydroxyl groups excluding tert-OH is 1. The van der Waals surface area contributed by atoms with Crippen LogP contribution in [0.15, 0.2) is 0 Å². The minimum Gasteiger partial charge on any atom is -0.393 e. The Hall–Kier alpha value is -0.490. The van der Waals surface area contributed by atoms with E-state index >= 15 is 0 Å². The van der Waals surface area contributed by atoms with Gasteiger partial charge in [0.05, 0.1) is 18.7 Å². The first-order valence-electron chi connectivity index (χ1n) is 10.9. The largest absolute Gasteiger partial charge is 0.394 e. The van der Waals surface area contributed by atoms with Crippen molar-refractivity contribution in [3.8, 4) is 0 Å². The molecule has 0 saturated carbocycles. The SMILES string of the molecule is OCC1(O)CCCCC[C@@H]2CCCN2C2NC(CCC2C(F)(F)F)C2NNC1O2. The number of nitrogens with zero attached hydrogens (tertiary/aromatic N) is 1. The molecule has 0 radical (unpaired) electrons. The number of alkyl halides is 3. The van der Waals surface area contributed by atoms with Crippen molar-refractivity contribution < 1.29 is 28.1 Å². The molecule has 0 aliphatic carbocycles. The van der Waals surface area contributed by atoms with Gasteiger partial charge >= 0.3 is 6.18 Å². The lowest BCUT2D eigenvalue weighted by Gasteiger charge is -2.46. The Morgan fingerprint density at radius 3 is 2.59 bits per heavy atom. The van der Waals surface area contributed by atoms with Crippen LogP contribution in [0, 0.1) is 5.92 Å². The van der Waals surface area contributed by atoms with Crippen LogP contribution < -0.4 is 16.2 Å². The van der Waals surface area contributed by atoms with Gasteiger partial charge < -0.3 is 14.9 Å². The Morgan fingerprint density at radius 1 is 1.03 bits per heavy atom. The van der Waals surface area contributed by atoms with Gasteiger partial charge in [-0.1, -0.05) is 19.3 Å². The molecule has 4 fully saturated rings. The first-order valence-corrected chi connectivity index (χ1v) is 10.9. The third kappa shape index (κ3) is 4.44. The number of fused-ring (bicyclic) bond motifs is 7. The van der Waals surface area contributed by atoms with Crippen LogP contribution in [0.1, 0.15) is 57.8 Å². The average molecular weight is 422 g/mol. The van der Waals surface area contributed by atoms with Crippen LogP contribution in [0.5, 0.6) is 0 Å². The summed E-state index contributed by atoms with van der Waals surface area (Å²) in [6.45, 7) is 0.248. The van der Waals surface area contributed by atoms with Crippen LogP contribution in [0.25, 0.3) is 0 Å². The topological polar surface area (TPSA) is 89.0 Å². The van der Waals surface area contributed by atoms with E-state index in [-0.39, 0.29) is 18.5 Å². The van der Waals surface area contributed by atoms with Crippen molar-refractivity contribution in [2.75, 3.05) is 13.2 Å². The van der Waals surface area contributed by atoms with Crippen LogP contribution in [0.4, 0.5) is 13.2 Å². The predicted octanol–water partition coefficient (Wildman–Crippen LogP) is 1.17. The number of nitrogens with one attached hydrogen (secondary N) is 3. The highest BCUT2D eigenvalue weighted by Crippen LogP contribution is 2.40. The number of hydrazine groups is 1. The van der Waals surface area contributed by atoms with Crippen LogP contribution >= 0.6 is 0 Å². The number of piperidine rings is 1. The minimum atomic E-state index is -4.25. The van der Waals surface area contributed by atoms with E-state index in [1.807, 2.05) is 4.90 Å². The fraction of sp³-hybridized carbons (Fsp3) is 1.00. The molecule has 7 nitrogen and oxygen atoms in total. The van der Waals surface area contributed by atoms with Gasteiger partial charge in [0.15, 0.2) is 6.23 Å². The summed E-state index contributed by atoms with van der Waals surface area (Å²) in [6, 6.07) is -0.165. The second-order valence-corrected chi connectivity index (χ2v) is 9.06. The fourth-order valence-corrected chi connectivity index (χ4v) is 5.49. The molecule has 4 bridgehead atoms. The molecule has 0 aromatic heterocycles. The molecule has 5 N–H and O–H groups in total. The second-order valence-electron chi connectivity index (χ2n) is 9.06. The smallest absolute Gasteiger partial charge is 0.393 e. The van der Waals surface area contributed by atoms with Crippen LogP contribution in [-0.2, 0) is 4.74 Å². The van der Waals surface area contributed by atoms with Crippen molar-refractivity contribution in [1.82, 2.24) is 21.1 Å². The van der Waals surface area contributed by atoms with Crippen LogP contribution in [-0.4, -0.2) is 70.7 Å². The standard InChI is InChI=1S/C19H33F3N4O3/c20-19(21,22)13-7-8-14-16-24-25-17(29-16)18(28,11-27)9-3-1-2-5-12-6-4-10-26(12)15(13)23-14/h12-17,23-25,27-28H,1-11H2/t12-,13?,14?,15?,16?,17?,18?/m1/s1. The zero-order valence-electron chi connectivity index (χ0n) is 16.6. The third-order valence-electron chi connectivity index (χ3n) is 7.17. The zero-order chi connectivity index (χ0) is 20.6. The zero-order valence-corrected chi connectivity index (χ0v) is 16.6. The molecule has 0 aromatic carbocycles. The van der Waals surface area contributed by atoms with Gasteiger partial charge in [0, 0.05) is 12.1 Å². The quantitative estimate of drug-likeness (QED) is 0.434. The summed E-state index contributed by atoms with van der Waals surface area (Å²) >= 11 is 0. The lowest BCUT2D eigenvalue weighted by Crippen LogP contribution is -2.64. The van der Waals surface area contributed by atoms with E-state index in [1.54, 1.807) is 0 Å². The van der Waals surface area contributed by atoms with E-state index in [4.69, 9.17) is 4.74 Å². The number of aliphatic hydroxyl groups is 2. The summed E-state index contributed by atoms with van der Waals surface area (Å²) in [5.74, 6) is -1.40. The summed E-state index contributed by atoms with van der Waals surface area (Å²) in [6.07, 6.45) is -0.408. The molecule has 10 heteroatoms. The van der Waals surface area contributed by atoms with Gasteiger partial charge in [-0.2, -0.15) is 13.2 Å². The molecule has 0 amide bonds. The van der Waals surface area contributed by atoms with Crippen molar-refractivity contribution >= 4 is 0 Å². The fourth-order valence-electron chi connectivity index (χ4n) is 5.49. The van der Waals surface area contributed by atoms with Crippen LogP contribution in [0.2, 0.25) is 0 Å². The van der Waals surface area contributed by atoms with Gasteiger partial charge in [0.2, 0.25) is 0 Å². The van der Waals surface area contributed by atoms with E-state index in [1.165, 1.54) is 0 Å². The second kappa shape index (κ2) is 8.57. The lowest BCUT2D eigenvalue weighted by atomic mass is 9.88. The lowest BCUT2D eigenvalue weighted by molar-refractivity contribution is -0.210. The van der Waals surface area contributed by atoms with Gasteiger partial charge in [0.25, 0.3) is 0 Å². The van der Waals surface area contributed by atoms with E-state index in [0.717, 1.165) is 38.5 Å². The molecular formula is C19H33F3N4O3. The van der Waals surface area contributed by atoms with Gasteiger partial charge in [-0.25, -0.2) is 10.9 Å². The maximum Gasteiger partial charge on any atom is 0.394 e. The van der Waals surface area contributed by atoms with Crippen molar-refractivity contribution in [1.29, 1.82) is 0 Å². The van der Waals surface area contributed by atoms with Crippen molar-refractivity contribution in [2.45, 2.75) is 100 Å². The Labute approximate surface area is 169 Å². The maximum atomic E-state index is 13.8. The normalized spacial score (nSPS) is 45.0. The molecule has 4 rings (SSSR count). The summed E-state index contributed by atoms with van der Waals surface area (Å²) in [7, 11) is 0. The number of rotatable bonds is 1. The molecule has 0 aromatic rings. The third-order valence-corrected chi connectivity index (χ3v) is 7.17. The van der Waals surface area contributed by atoms with Crippen molar-refractivity contribution in [3.63, 3.8) is 0 Å². The molecule has 29 heavy (non-hydrogen) atoms. The Kier molecular flexibility index (Phi) is 6.42. The van der Waals surface area contributed by atoms with Crippen molar-refractivity contribution in [2.24, 2.45) is 5.92 Å². The minimum absolute atomic E-state index is 0.0472. The number of halogens is 3. The van der Waals surface area contributed by atoms with Gasteiger partial charge in [0.1, 0.15) is 11.8 Å². The molecule has 4 saturated heterocycles. The maximum absolute atomic E-state index is 13.8. The number of ether oxygens (including phenoxy) is 1. The molecule has 4 aliphatic rings. The summed E-state index contributed by atoms with van der Waals surface area (Å²) < 4.78 is 47.4. The number of hydrogen-bond donors (Lipinski definition) is 5. The van der Waals surface area contributed by atoms with Gasteiger partial charge in [-0.15, -0.1) is 0 Å². The van der Waals surface area contributed by atoms with E-state index < -0.39 is 42.9 Å². The Morgan fingerprint density at radius 2 is 1.83 bits per heavy atom. The highest BCUT2D eigenvalue weighted by molar-refractivity contribution is 4.98. The highest BCUT2D eigenvalue weighted by atomic mass is 19.4. The highest BCUT2D eigenvalue weighted by Gasteiger charge is 2.53. The van der Waals surface area contributed by atoms with E-state index in [0.29, 0.717) is 19.4 Å². The summed E-state index contributed by atoms with van der Waals surface area (Å²) in [5.41, 5.74) is 4.46. The van der Waals surface area contributed by atoms with E-state index in [9.17, 15) is 23.4 Å². The molecule has 7 atom stereocenters. The summed E-state index contributed by atoms with van der Waals surface area (Å²) in [5, 5.41) is 23.8. The predicted molar refractivity (Wildman–Crippen MR) is 99.3 cm³/mol. The molecule has 6 unspecified atom stereocenters. The van der Waals surface area contributed by atoms with Gasteiger partial charge in [-0.05, 0) is 45.1 Å².